The molecule has 0 radical (unpaired) electrons. The van der Waals surface area contributed by atoms with Gasteiger partial charge in [0.05, 0.1) is 31.3 Å². The van der Waals surface area contributed by atoms with Gasteiger partial charge in [-0.2, -0.15) is 4.31 Å². The molecule has 0 aromatic heterocycles. The van der Waals surface area contributed by atoms with Crippen molar-refractivity contribution >= 4 is 10.0 Å². The lowest BCUT2D eigenvalue weighted by Crippen LogP contribution is -2.43. The Hall–Kier alpha value is -1.23. The van der Waals surface area contributed by atoms with E-state index in [0.29, 0.717) is 12.3 Å². The molecule has 8 nitrogen and oxygen atoms in total. The molecule has 0 fully saturated rings. The molecule has 0 aliphatic carbocycles. The van der Waals surface area contributed by atoms with E-state index in [0.717, 1.165) is 4.31 Å². The van der Waals surface area contributed by atoms with Gasteiger partial charge in [-0.1, -0.05) is 0 Å². The summed E-state index contributed by atoms with van der Waals surface area (Å²) in [6, 6.07) is 5.89. The topological polar surface area (TPSA) is 119 Å². The van der Waals surface area contributed by atoms with E-state index >= 15 is 0 Å². The van der Waals surface area contributed by atoms with Crippen molar-refractivity contribution in [2.75, 3.05) is 46.5 Å². The van der Waals surface area contributed by atoms with Gasteiger partial charge in [0, 0.05) is 26.2 Å². The quantitative estimate of drug-likeness (QED) is 0.364. The van der Waals surface area contributed by atoms with E-state index in [1.165, 1.54) is 31.4 Å². The number of sulfonamides is 1. The fourth-order valence-corrected chi connectivity index (χ4v) is 3.43. The molecule has 0 spiro atoms. The van der Waals surface area contributed by atoms with Crippen molar-refractivity contribution < 1.29 is 28.5 Å². The van der Waals surface area contributed by atoms with Crippen LogP contribution < -0.4 is 10.1 Å². The molecule has 0 saturated heterocycles. The zero-order chi connectivity index (χ0) is 17.3. The monoisotopic (exact) mass is 348 g/mol. The van der Waals surface area contributed by atoms with Gasteiger partial charge in [-0.05, 0) is 24.3 Å². The number of benzene rings is 1. The number of hydrogen-bond donors (Lipinski definition) is 4. The normalized spacial score (nSPS) is 13.3. The maximum absolute atomic E-state index is 12.6. The van der Waals surface area contributed by atoms with Gasteiger partial charge in [-0.25, -0.2) is 8.42 Å². The Morgan fingerprint density at radius 3 is 2.39 bits per heavy atom. The summed E-state index contributed by atoms with van der Waals surface area (Å²) in [6.45, 7) is -0.259. The van der Waals surface area contributed by atoms with E-state index in [-0.39, 0.29) is 37.7 Å². The zero-order valence-corrected chi connectivity index (χ0v) is 13.9. The van der Waals surface area contributed by atoms with Crippen molar-refractivity contribution in [2.24, 2.45) is 0 Å². The van der Waals surface area contributed by atoms with E-state index in [2.05, 4.69) is 5.32 Å². The van der Waals surface area contributed by atoms with Gasteiger partial charge < -0.3 is 25.4 Å². The number of nitrogens with one attached hydrogen (secondary N) is 1. The Bertz CT molecular complexity index is 549. The highest BCUT2D eigenvalue weighted by Crippen LogP contribution is 2.19. The van der Waals surface area contributed by atoms with E-state index < -0.39 is 16.1 Å². The van der Waals surface area contributed by atoms with Crippen molar-refractivity contribution in [3.8, 4) is 5.75 Å². The summed E-state index contributed by atoms with van der Waals surface area (Å²) in [5, 5.41) is 30.5. The van der Waals surface area contributed by atoms with E-state index in [1.54, 1.807) is 0 Å². The van der Waals surface area contributed by atoms with Crippen molar-refractivity contribution in [3.05, 3.63) is 24.3 Å². The Kier molecular flexibility index (Phi) is 8.45. The van der Waals surface area contributed by atoms with Crippen molar-refractivity contribution in [2.45, 2.75) is 11.0 Å². The van der Waals surface area contributed by atoms with E-state index in [9.17, 15) is 13.5 Å². The summed E-state index contributed by atoms with van der Waals surface area (Å²) in [7, 11) is -2.35. The molecule has 0 amide bonds. The summed E-state index contributed by atoms with van der Waals surface area (Å²) in [5.74, 6) is 0.533. The van der Waals surface area contributed by atoms with E-state index in [1.807, 2.05) is 0 Å². The average molecular weight is 348 g/mol. The number of aliphatic hydroxyl groups excluding tert-OH is 3. The minimum atomic E-state index is -3.83. The largest absolute Gasteiger partial charge is 0.497 e. The van der Waals surface area contributed by atoms with Gasteiger partial charge in [0.25, 0.3) is 0 Å². The van der Waals surface area contributed by atoms with Crippen LogP contribution in [-0.2, 0) is 10.0 Å². The molecule has 0 aliphatic rings. The lowest BCUT2D eigenvalue weighted by atomic mass is 10.3. The van der Waals surface area contributed by atoms with Gasteiger partial charge in [-0.3, -0.25) is 0 Å². The average Bonchev–Trinajstić information content (AvgIpc) is 2.54. The van der Waals surface area contributed by atoms with Gasteiger partial charge in [-0.15, -0.1) is 0 Å². The van der Waals surface area contributed by atoms with Gasteiger partial charge in [0.1, 0.15) is 5.75 Å². The zero-order valence-electron chi connectivity index (χ0n) is 13.1. The predicted octanol–water partition coefficient (Wildman–Crippen LogP) is -1.38. The fraction of sp³-hybridized carbons (Fsp3) is 0.571. The van der Waals surface area contributed by atoms with Crippen LogP contribution in [0.15, 0.2) is 29.2 Å². The first kappa shape index (κ1) is 19.8. The molecular weight excluding hydrogens is 324 g/mol. The molecule has 23 heavy (non-hydrogen) atoms. The van der Waals surface area contributed by atoms with Crippen LogP contribution in [0.4, 0.5) is 0 Å². The first-order valence-corrected chi connectivity index (χ1v) is 8.64. The maximum Gasteiger partial charge on any atom is 0.243 e. The molecule has 132 valence electrons. The summed E-state index contributed by atoms with van der Waals surface area (Å²) in [6.07, 6.45) is -0.957. The molecule has 0 heterocycles. The molecule has 1 rings (SSSR count). The molecule has 1 aromatic carbocycles. The summed E-state index contributed by atoms with van der Waals surface area (Å²) in [5.41, 5.74) is 0. The highest BCUT2D eigenvalue weighted by molar-refractivity contribution is 7.89. The van der Waals surface area contributed by atoms with Crippen LogP contribution in [0.2, 0.25) is 0 Å². The molecular formula is C14H24N2O6S. The summed E-state index contributed by atoms with van der Waals surface area (Å²) >= 11 is 0. The Morgan fingerprint density at radius 2 is 1.87 bits per heavy atom. The van der Waals surface area contributed by atoms with Crippen molar-refractivity contribution in [1.82, 2.24) is 9.62 Å². The second kappa shape index (κ2) is 9.81. The molecule has 1 atom stereocenters. The van der Waals surface area contributed by atoms with Crippen LogP contribution in [0, 0.1) is 0 Å². The molecule has 4 N–H and O–H groups in total. The Balaban J connectivity index is 2.84. The number of rotatable bonds is 11. The smallest absolute Gasteiger partial charge is 0.243 e. The van der Waals surface area contributed by atoms with Crippen LogP contribution >= 0.6 is 0 Å². The Morgan fingerprint density at radius 1 is 1.22 bits per heavy atom. The molecule has 1 unspecified atom stereocenters. The third-order valence-electron chi connectivity index (χ3n) is 3.13. The Labute approximate surface area is 136 Å². The number of aliphatic hydroxyl groups is 3. The molecule has 9 heteroatoms. The first-order chi connectivity index (χ1) is 11.0. The van der Waals surface area contributed by atoms with Gasteiger partial charge in [0.15, 0.2) is 0 Å². The van der Waals surface area contributed by atoms with Crippen molar-refractivity contribution in [3.63, 3.8) is 0 Å². The maximum atomic E-state index is 12.6. The van der Waals surface area contributed by atoms with E-state index in [4.69, 9.17) is 14.9 Å². The molecule has 1 aromatic rings. The third-order valence-corrected chi connectivity index (χ3v) is 5.01. The van der Waals surface area contributed by atoms with Crippen LogP contribution in [0.5, 0.6) is 5.75 Å². The highest BCUT2D eigenvalue weighted by Gasteiger charge is 2.26. The minimum absolute atomic E-state index is 0.0577. The van der Waals surface area contributed by atoms with Crippen molar-refractivity contribution in [1.29, 1.82) is 0 Å². The summed E-state index contributed by atoms with van der Waals surface area (Å²) in [4.78, 5) is 0.0577. The third kappa shape index (κ3) is 6.05. The lowest BCUT2D eigenvalue weighted by Gasteiger charge is -2.24. The van der Waals surface area contributed by atoms with Crippen LogP contribution in [0.25, 0.3) is 0 Å². The highest BCUT2D eigenvalue weighted by atomic mass is 32.2. The number of hydrogen-bond acceptors (Lipinski definition) is 7. The number of methoxy groups -OCH3 is 1. The predicted molar refractivity (Wildman–Crippen MR) is 84.8 cm³/mol. The number of ether oxygens (including phenoxy) is 1. The van der Waals surface area contributed by atoms with Crippen LogP contribution in [0.3, 0.4) is 0 Å². The number of nitrogens with zero attached hydrogens (tertiary/aromatic N) is 1. The minimum Gasteiger partial charge on any atom is -0.497 e. The molecule has 0 bridgehead atoms. The van der Waals surface area contributed by atoms with Crippen LogP contribution in [-0.4, -0.2) is 80.6 Å². The standard InChI is InChI=1S/C14H24N2O6S/c1-22-13-2-4-14(5-3-13)23(20,21)16(7-9-18)11-12(19)10-15-6-8-17/h2-5,12,15,17-19H,6-11H2,1H3. The molecule has 0 aliphatic heterocycles. The van der Waals surface area contributed by atoms with Gasteiger partial charge in [0.2, 0.25) is 10.0 Å². The lowest BCUT2D eigenvalue weighted by molar-refractivity contribution is 0.133. The second-order valence-electron chi connectivity index (χ2n) is 4.84. The first-order valence-electron chi connectivity index (χ1n) is 7.20. The second-order valence-corrected chi connectivity index (χ2v) is 6.78. The fourth-order valence-electron chi connectivity index (χ4n) is 1.97. The van der Waals surface area contributed by atoms with Gasteiger partial charge >= 0.3 is 0 Å². The summed E-state index contributed by atoms with van der Waals surface area (Å²) < 4.78 is 31.2. The SMILES string of the molecule is COc1ccc(S(=O)(=O)N(CCO)CC(O)CNCCO)cc1. The molecule has 0 saturated carbocycles. The van der Waals surface area contributed by atoms with Crippen LogP contribution in [0.1, 0.15) is 0 Å².